The molecule has 0 unspecified atom stereocenters. The summed E-state index contributed by atoms with van der Waals surface area (Å²) in [6, 6.07) is 14.5. The van der Waals surface area contributed by atoms with E-state index in [1.54, 1.807) is 11.8 Å². The minimum absolute atomic E-state index is 0.0216. The van der Waals surface area contributed by atoms with Crippen molar-refractivity contribution in [1.82, 2.24) is 15.5 Å². The summed E-state index contributed by atoms with van der Waals surface area (Å²) in [6.07, 6.45) is 1.98. The Balaban J connectivity index is 1.50. The van der Waals surface area contributed by atoms with Crippen LogP contribution in [-0.4, -0.2) is 42.2 Å². The van der Waals surface area contributed by atoms with E-state index in [1.165, 1.54) is 4.90 Å². The Kier molecular flexibility index (Phi) is 5.99. The Hall–Kier alpha value is -3.26. The van der Waals surface area contributed by atoms with Gasteiger partial charge in [0.1, 0.15) is 13.2 Å². The molecule has 2 aromatic rings. The first-order chi connectivity index (χ1) is 15.0. The molecule has 31 heavy (non-hydrogen) atoms. The summed E-state index contributed by atoms with van der Waals surface area (Å²) < 4.78 is 5.21. The number of benzene rings is 2. The van der Waals surface area contributed by atoms with Crippen molar-refractivity contribution < 1.29 is 19.1 Å². The Morgan fingerprint density at radius 2 is 1.87 bits per heavy atom. The molecule has 4 rings (SSSR count). The van der Waals surface area contributed by atoms with Crippen LogP contribution < -0.4 is 10.6 Å². The number of thioether (sulfide) groups is 1. The minimum atomic E-state index is -0.597. The molecule has 0 fully saturated rings. The number of rotatable bonds is 6. The number of carbonyl (C=O) groups excluding carboxylic acids is 3. The molecule has 0 saturated carbocycles. The molecule has 160 valence electrons. The maximum Gasteiger partial charge on any atom is 0.338 e. The Labute approximate surface area is 184 Å². The van der Waals surface area contributed by atoms with Crippen LogP contribution in [0.2, 0.25) is 0 Å². The first kappa shape index (κ1) is 21.0. The summed E-state index contributed by atoms with van der Waals surface area (Å²) in [5.74, 6) is -0.788. The van der Waals surface area contributed by atoms with Crippen LogP contribution in [0.1, 0.15) is 22.7 Å². The van der Waals surface area contributed by atoms with Crippen molar-refractivity contribution in [3.63, 3.8) is 0 Å². The van der Waals surface area contributed by atoms with Crippen molar-refractivity contribution in [1.29, 1.82) is 0 Å². The molecule has 8 heteroatoms. The number of urea groups is 1. The highest BCUT2D eigenvalue weighted by molar-refractivity contribution is 7.98. The molecule has 7 nitrogen and oxygen atoms in total. The molecule has 2 N–H and O–H groups in total. The van der Waals surface area contributed by atoms with Gasteiger partial charge < -0.3 is 15.4 Å². The third-order valence-electron chi connectivity index (χ3n) is 5.36. The highest BCUT2D eigenvalue weighted by Gasteiger charge is 2.42. The average Bonchev–Trinajstić information content (AvgIpc) is 3.16. The van der Waals surface area contributed by atoms with Gasteiger partial charge >= 0.3 is 12.0 Å². The fourth-order valence-corrected chi connectivity index (χ4v) is 4.04. The second kappa shape index (κ2) is 8.85. The zero-order valence-electron chi connectivity index (χ0n) is 17.3. The van der Waals surface area contributed by atoms with Crippen LogP contribution in [0.5, 0.6) is 0 Å². The molecule has 0 radical (unpaired) electrons. The summed E-state index contributed by atoms with van der Waals surface area (Å²) >= 11 is 1.61. The lowest BCUT2D eigenvalue weighted by atomic mass is 9.96. The molecule has 2 heterocycles. The molecule has 0 saturated heterocycles. The van der Waals surface area contributed by atoms with Gasteiger partial charge in [-0.1, -0.05) is 42.0 Å². The topological polar surface area (TPSA) is 87.7 Å². The molecule has 2 aliphatic heterocycles. The maximum absolute atomic E-state index is 12.8. The summed E-state index contributed by atoms with van der Waals surface area (Å²) in [4.78, 5) is 40.1. The highest BCUT2D eigenvalue weighted by atomic mass is 32.2. The number of carbonyl (C=O) groups is 3. The smallest absolute Gasteiger partial charge is 0.338 e. The molecule has 1 atom stereocenters. The average molecular weight is 438 g/mol. The van der Waals surface area contributed by atoms with Crippen molar-refractivity contribution in [3.8, 4) is 0 Å². The molecule has 0 spiro atoms. The van der Waals surface area contributed by atoms with Crippen LogP contribution in [0, 0.1) is 6.92 Å². The third kappa shape index (κ3) is 4.44. The molecule has 0 aromatic heterocycles. The number of esters is 1. The number of amides is 3. The second-order valence-corrected chi connectivity index (χ2v) is 8.32. The van der Waals surface area contributed by atoms with E-state index in [0.29, 0.717) is 17.8 Å². The largest absolute Gasteiger partial charge is 0.456 e. The number of aryl methyl sites for hydroxylation is 1. The summed E-state index contributed by atoms with van der Waals surface area (Å²) in [7, 11) is 0. The third-order valence-corrected chi connectivity index (χ3v) is 6.10. The van der Waals surface area contributed by atoms with Crippen LogP contribution in [0.25, 0.3) is 0 Å². The van der Waals surface area contributed by atoms with Crippen LogP contribution in [0.3, 0.4) is 0 Å². The standard InChI is InChI=1S/C23H23N3O4S/c1-14-3-5-15(6-4-14)11-24-19(27)12-26-18-13-30-22(28)20(18)21(25-23(26)29)16-7-9-17(31-2)10-8-16/h3-10,21H,11-13H2,1-2H3,(H,24,27)(H,25,29)/t21-/m1/s1. The number of nitrogens with zero attached hydrogens (tertiary/aromatic N) is 1. The fourth-order valence-electron chi connectivity index (χ4n) is 3.63. The zero-order valence-corrected chi connectivity index (χ0v) is 18.1. The number of hydrogen-bond donors (Lipinski definition) is 2. The highest BCUT2D eigenvalue weighted by Crippen LogP contribution is 2.35. The number of ether oxygens (including phenoxy) is 1. The Morgan fingerprint density at radius 1 is 1.16 bits per heavy atom. The number of hydrogen-bond acceptors (Lipinski definition) is 5. The van der Waals surface area contributed by atoms with Crippen molar-refractivity contribution in [2.45, 2.75) is 24.4 Å². The lowest BCUT2D eigenvalue weighted by molar-refractivity contribution is -0.136. The van der Waals surface area contributed by atoms with Crippen LogP contribution in [0.4, 0.5) is 4.79 Å². The van der Waals surface area contributed by atoms with E-state index in [0.717, 1.165) is 21.6 Å². The van der Waals surface area contributed by atoms with Crippen LogP contribution in [0.15, 0.2) is 64.7 Å². The monoisotopic (exact) mass is 437 g/mol. The van der Waals surface area contributed by atoms with Gasteiger partial charge in [0, 0.05) is 11.4 Å². The number of cyclic esters (lactones) is 1. The molecular formula is C23H23N3O4S. The first-order valence-corrected chi connectivity index (χ1v) is 11.1. The van der Waals surface area contributed by atoms with Gasteiger partial charge in [0.05, 0.1) is 17.3 Å². The molecule has 0 aliphatic carbocycles. The van der Waals surface area contributed by atoms with E-state index in [2.05, 4.69) is 10.6 Å². The Bertz CT molecular complexity index is 1050. The quantitative estimate of drug-likeness (QED) is 0.536. The van der Waals surface area contributed by atoms with E-state index < -0.39 is 18.0 Å². The van der Waals surface area contributed by atoms with E-state index in [9.17, 15) is 14.4 Å². The first-order valence-electron chi connectivity index (χ1n) is 9.90. The summed E-state index contributed by atoms with van der Waals surface area (Å²) in [5.41, 5.74) is 3.72. The van der Waals surface area contributed by atoms with Crippen molar-refractivity contribution >= 4 is 29.7 Å². The fraction of sp³-hybridized carbons (Fsp3) is 0.261. The molecule has 2 aliphatic rings. The van der Waals surface area contributed by atoms with Crippen LogP contribution in [-0.2, 0) is 20.9 Å². The minimum Gasteiger partial charge on any atom is -0.456 e. The maximum atomic E-state index is 12.8. The van der Waals surface area contributed by atoms with Gasteiger partial charge in [0.25, 0.3) is 0 Å². The molecule has 2 aromatic carbocycles. The van der Waals surface area contributed by atoms with E-state index in [4.69, 9.17) is 4.74 Å². The zero-order chi connectivity index (χ0) is 22.0. The van der Waals surface area contributed by atoms with Gasteiger partial charge in [-0.25, -0.2) is 9.59 Å². The van der Waals surface area contributed by atoms with Crippen molar-refractivity contribution in [2.24, 2.45) is 0 Å². The number of nitrogens with one attached hydrogen (secondary N) is 2. The van der Waals surface area contributed by atoms with Crippen molar-refractivity contribution in [3.05, 3.63) is 76.5 Å². The van der Waals surface area contributed by atoms with Gasteiger partial charge in [-0.05, 0) is 36.4 Å². The predicted molar refractivity (Wildman–Crippen MR) is 117 cm³/mol. The van der Waals surface area contributed by atoms with E-state index >= 15 is 0 Å². The van der Waals surface area contributed by atoms with E-state index in [-0.39, 0.29) is 19.1 Å². The second-order valence-electron chi connectivity index (χ2n) is 7.44. The van der Waals surface area contributed by atoms with E-state index in [1.807, 2.05) is 61.7 Å². The normalized spacial score (nSPS) is 17.9. The van der Waals surface area contributed by atoms with Gasteiger partial charge in [-0.15, -0.1) is 11.8 Å². The van der Waals surface area contributed by atoms with Crippen molar-refractivity contribution in [2.75, 3.05) is 19.4 Å². The van der Waals surface area contributed by atoms with Gasteiger partial charge in [0.15, 0.2) is 0 Å². The Morgan fingerprint density at radius 3 is 2.55 bits per heavy atom. The molecular weight excluding hydrogens is 414 g/mol. The molecule has 0 bridgehead atoms. The summed E-state index contributed by atoms with van der Waals surface area (Å²) in [6.45, 7) is 2.15. The van der Waals surface area contributed by atoms with Gasteiger partial charge in [-0.2, -0.15) is 0 Å². The lowest BCUT2D eigenvalue weighted by Gasteiger charge is -2.32. The molecule has 3 amide bonds. The predicted octanol–water partition coefficient (Wildman–Crippen LogP) is 2.91. The van der Waals surface area contributed by atoms with Gasteiger partial charge in [-0.3, -0.25) is 9.69 Å². The van der Waals surface area contributed by atoms with Gasteiger partial charge in [0.2, 0.25) is 5.91 Å². The lowest BCUT2D eigenvalue weighted by Crippen LogP contribution is -2.50. The summed E-state index contributed by atoms with van der Waals surface area (Å²) in [5, 5.41) is 5.67. The van der Waals surface area contributed by atoms with Crippen LogP contribution >= 0.6 is 11.8 Å². The SMILES string of the molecule is CSc1ccc([C@H]2NC(=O)N(CC(=O)NCc3ccc(C)cc3)C3=C2C(=O)OC3)cc1.